The van der Waals surface area contributed by atoms with E-state index in [4.69, 9.17) is 0 Å². The molecule has 0 saturated heterocycles. The van der Waals surface area contributed by atoms with Crippen LogP contribution >= 0.6 is 0 Å². The fraction of sp³-hybridized carbons (Fsp3) is 0.552. The smallest absolute Gasteiger partial charge is 0.217 e. The molecule has 2 aliphatic rings. The van der Waals surface area contributed by atoms with Gasteiger partial charge in [-0.2, -0.15) is 0 Å². The number of anilines is 1. The lowest BCUT2D eigenvalue weighted by atomic mass is 9.69. The number of aliphatic hydroxyl groups excluding tert-OH is 1. The van der Waals surface area contributed by atoms with E-state index in [1.54, 1.807) is 0 Å². The van der Waals surface area contributed by atoms with Crippen molar-refractivity contribution in [3.8, 4) is 0 Å². The zero-order valence-electron chi connectivity index (χ0n) is 21.8. The van der Waals surface area contributed by atoms with E-state index in [1.165, 1.54) is 36.6 Å². The minimum atomic E-state index is -0.936. The van der Waals surface area contributed by atoms with Crippen LogP contribution < -0.4 is 16.0 Å². The van der Waals surface area contributed by atoms with Gasteiger partial charge >= 0.3 is 0 Å². The van der Waals surface area contributed by atoms with Crippen LogP contribution in [0.5, 0.6) is 0 Å². The number of fused-ring (bicyclic) bond motifs is 1. The molecule has 196 valence electrons. The van der Waals surface area contributed by atoms with Gasteiger partial charge in [-0.05, 0) is 78.8 Å². The quantitative estimate of drug-likeness (QED) is 0.411. The van der Waals surface area contributed by atoms with E-state index in [0.717, 1.165) is 37.4 Å². The number of aliphatic hydroxyl groups is 1. The number of rotatable bonds is 8. The van der Waals surface area contributed by atoms with Gasteiger partial charge in [0.25, 0.3) is 0 Å². The van der Waals surface area contributed by atoms with Crippen LogP contribution in [0.15, 0.2) is 36.4 Å². The van der Waals surface area contributed by atoms with Gasteiger partial charge in [0.1, 0.15) is 11.6 Å². The maximum Gasteiger partial charge on any atom is 0.217 e. The zero-order chi connectivity index (χ0) is 26.1. The van der Waals surface area contributed by atoms with E-state index in [1.807, 2.05) is 0 Å². The highest BCUT2D eigenvalue weighted by Gasteiger charge is 2.43. The highest BCUT2D eigenvalue weighted by atomic mass is 19.1. The molecular weight excluding hydrogens is 460 g/mol. The molecule has 1 aliphatic heterocycles. The molecule has 4 rings (SSSR count). The molecule has 1 saturated carbocycles. The van der Waals surface area contributed by atoms with Gasteiger partial charge in [0, 0.05) is 36.8 Å². The third-order valence-corrected chi connectivity index (χ3v) is 7.34. The molecule has 1 amide bonds. The van der Waals surface area contributed by atoms with Gasteiger partial charge in [-0.25, -0.2) is 8.78 Å². The van der Waals surface area contributed by atoms with Crippen molar-refractivity contribution < 1.29 is 18.7 Å². The lowest BCUT2D eigenvalue weighted by Crippen LogP contribution is -2.53. The second-order valence-electron chi connectivity index (χ2n) is 11.9. The molecule has 0 radical (unpaired) electrons. The molecule has 1 heterocycles. The van der Waals surface area contributed by atoms with Crippen LogP contribution in [0.25, 0.3) is 0 Å². The third-order valence-electron chi connectivity index (χ3n) is 7.34. The maximum absolute atomic E-state index is 13.7. The molecule has 0 unspecified atom stereocenters. The van der Waals surface area contributed by atoms with Crippen molar-refractivity contribution in [2.45, 2.75) is 89.9 Å². The average molecular weight is 500 g/mol. The van der Waals surface area contributed by atoms with E-state index < -0.39 is 23.8 Å². The Morgan fingerprint density at radius 1 is 1.14 bits per heavy atom. The van der Waals surface area contributed by atoms with E-state index in [-0.39, 0.29) is 35.9 Å². The largest absolute Gasteiger partial charge is 0.390 e. The average Bonchev–Trinajstić information content (AvgIpc) is 2.73. The van der Waals surface area contributed by atoms with Gasteiger partial charge in [0.05, 0.1) is 12.1 Å². The number of halogens is 2. The summed E-state index contributed by atoms with van der Waals surface area (Å²) in [7, 11) is 0. The minimum Gasteiger partial charge on any atom is -0.390 e. The first-order valence-electron chi connectivity index (χ1n) is 13.0. The van der Waals surface area contributed by atoms with Crippen molar-refractivity contribution in [2.24, 2.45) is 5.41 Å². The molecule has 1 spiro atoms. The Labute approximate surface area is 213 Å². The molecule has 0 aromatic heterocycles. The van der Waals surface area contributed by atoms with Gasteiger partial charge in [-0.3, -0.25) is 4.79 Å². The summed E-state index contributed by atoms with van der Waals surface area (Å²) in [5, 5.41) is 21.2. The molecule has 1 fully saturated rings. The molecule has 36 heavy (non-hydrogen) atoms. The third kappa shape index (κ3) is 6.62. The summed E-state index contributed by atoms with van der Waals surface area (Å²) in [6.07, 6.45) is 4.52. The lowest BCUT2D eigenvalue weighted by molar-refractivity contribution is -0.120. The number of carbonyl (C=O) groups excluding carboxylic acids is 1. The predicted octanol–water partition coefficient (Wildman–Crippen LogP) is 5.03. The summed E-state index contributed by atoms with van der Waals surface area (Å²) in [6, 6.07) is 9.31. The van der Waals surface area contributed by atoms with Gasteiger partial charge in [0.2, 0.25) is 5.91 Å². The van der Waals surface area contributed by atoms with Crippen molar-refractivity contribution in [2.75, 3.05) is 11.9 Å². The monoisotopic (exact) mass is 499 g/mol. The molecule has 5 nitrogen and oxygen atoms in total. The Morgan fingerprint density at radius 3 is 2.42 bits per heavy atom. The summed E-state index contributed by atoms with van der Waals surface area (Å²) in [6.45, 7) is 8.30. The SMILES string of the molecule is CC(=O)N[C@@H](Cc1cc(F)cc(F)c1)[C@H](O)CN[C@H]1CC2(CCC2)Nc2ccc(CC(C)(C)C)cc21. The van der Waals surface area contributed by atoms with Crippen LogP contribution in [0, 0.1) is 17.0 Å². The Kier molecular flexibility index (Phi) is 7.72. The highest BCUT2D eigenvalue weighted by molar-refractivity contribution is 5.73. The molecule has 0 bridgehead atoms. The minimum absolute atomic E-state index is 0.0562. The summed E-state index contributed by atoms with van der Waals surface area (Å²) in [5.74, 6) is -1.66. The fourth-order valence-corrected chi connectivity index (χ4v) is 5.62. The fourth-order valence-electron chi connectivity index (χ4n) is 5.62. The number of amides is 1. The summed E-state index contributed by atoms with van der Waals surface area (Å²) in [4.78, 5) is 11.8. The van der Waals surface area contributed by atoms with Crippen molar-refractivity contribution in [1.29, 1.82) is 0 Å². The van der Waals surface area contributed by atoms with Crippen molar-refractivity contribution in [3.63, 3.8) is 0 Å². The topological polar surface area (TPSA) is 73.4 Å². The van der Waals surface area contributed by atoms with Crippen LogP contribution in [-0.4, -0.2) is 35.2 Å². The number of hydrogen-bond donors (Lipinski definition) is 4. The van der Waals surface area contributed by atoms with Crippen molar-refractivity contribution in [3.05, 3.63) is 64.7 Å². The van der Waals surface area contributed by atoms with E-state index in [2.05, 4.69) is 54.9 Å². The summed E-state index contributed by atoms with van der Waals surface area (Å²) < 4.78 is 27.4. The first-order valence-corrected chi connectivity index (χ1v) is 13.0. The van der Waals surface area contributed by atoms with E-state index >= 15 is 0 Å². The summed E-state index contributed by atoms with van der Waals surface area (Å²) >= 11 is 0. The van der Waals surface area contributed by atoms with Gasteiger partial charge in [0.15, 0.2) is 0 Å². The Hall–Kier alpha value is -2.51. The van der Waals surface area contributed by atoms with E-state index in [9.17, 15) is 18.7 Å². The predicted molar refractivity (Wildman–Crippen MR) is 139 cm³/mol. The Bertz CT molecular complexity index is 1070. The van der Waals surface area contributed by atoms with Gasteiger partial charge < -0.3 is 21.1 Å². The Morgan fingerprint density at radius 2 is 1.83 bits per heavy atom. The van der Waals surface area contributed by atoms with Gasteiger partial charge in [-0.15, -0.1) is 0 Å². The van der Waals surface area contributed by atoms with Crippen LogP contribution in [0.1, 0.15) is 76.1 Å². The standard InChI is InChI=1S/C29H39F2N3O2/c1-18(35)33-25(13-20-10-21(30)14-22(31)11-20)27(36)17-32-26-16-29(8-5-9-29)34-24-7-6-19(12-23(24)26)15-28(2,3)4/h6-7,10-12,14,25-27,32,34,36H,5,8-9,13,15-17H2,1-4H3,(H,33,35)/t25-,26-,27+/m0/s1. The van der Waals surface area contributed by atoms with Crippen LogP contribution in [0.4, 0.5) is 14.5 Å². The maximum atomic E-state index is 13.7. The lowest BCUT2D eigenvalue weighted by Gasteiger charge is -2.50. The van der Waals surface area contributed by atoms with Crippen LogP contribution in [0.2, 0.25) is 0 Å². The number of benzene rings is 2. The second-order valence-corrected chi connectivity index (χ2v) is 11.9. The molecule has 1 aliphatic carbocycles. The Balaban J connectivity index is 1.51. The summed E-state index contributed by atoms with van der Waals surface area (Å²) in [5.41, 5.74) is 4.26. The normalized spacial score (nSPS) is 20.1. The molecule has 7 heteroatoms. The molecule has 3 atom stereocenters. The number of hydrogen-bond acceptors (Lipinski definition) is 4. The molecule has 4 N–H and O–H groups in total. The first kappa shape index (κ1) is 26.6. The zero-order valence-corrected chi connectivity index (χ0v) is 21.8. The van der Waals surface area contributed by atoms with Crippen molar-refractivity contribution >= 4 is 11.6 Å². The molecule has 2 aromatic carbocycles. The van der Waals surface area contributed by atoms with Gasteiger partial charge in [-0.1, -0.05) is 32.9 Å². The molecular formula is C29H39F2N3O2. The van der Waals surface area contributed by atoms with E-state index in [0.29, 0.717) is 5.56 Å². The number of nitrogens with one attached hydrogen (secondary N) is 3. The molecule has 2 aromatic rings. The first-order chi connectivity index (χ1) is 16.9. The van der Waals surface area contributed by atoms with Crippen LogP contribution in [0.3, 0.4) is 0 Å². The van der Waals surface area contributed by atoms with Crippen LogP contribution in [-0.2, 0) is 17.6 Å². The second kappa shape index (κ2) is 10.5. The highest BCUT2D eigenvalue weighted by Crippen LogP contribution is 2.47. The number of carbonyl (C=O) groups is 1. The van der Waals surface area contributed by atoms with Crippen molar-refractivity contribution in [1.82, 2.24) is 10.6 Å².